The first-order chi connectivity index (χ1) is 11.5. The van der Waals surface area contributed by atoms with Crippen LogP contribution in [-0.4, -0.2) is 24.4 Å². The Bertz CT molecular complexity index is 899. The lowest BCUT2D eigenvalue weighted by atomic mass is 9.92. The molecule has 1 heterocycles. The normalized spacial score (nSPS) is 26.1. The molecule has 122 valence electrons. The summed E-state index contributed by atoms with van der Waals surface area (Å²) in [6.07, 6.45) is 1.10. The minimum Gasteiger partial charge on any atom is -0.467 e. The third kappa shape index (κ3) is 2.03. The van der Waals surface area contributed by atoms with E-state index in [0.29, 0.717) is 12.8 Å². The molecular weight excluding hydrogens is 302 g/mol. The maximum Gasteiger partial charge on any atom is 0.330 e. The number of carbonyl (C=O) groups is 2. The first-order valence-corrected chi connectivity index (χ1v) is 8.16. The van der Waals surface area contributed by atoms with Gasteiger partial charge in [0.25, 0.3) is 0 Å². The molecule has 0 saturated carbocycles. The van der Waals surface area contributed by atoms with Gasteiger partial charge >= 0.3 is 5.97 Å². The molecule has 4 nitrogen and oxygen atoms in total. The highest BCUT2D eigenvalue weighted by Crippen LogP contribution is 2.46. The maximum atomic E-state index is 12.5. The van der Waals surface area contributed by atoms with E-state index in [1.54, 1.807) is 0 Å². The third-order valence-electron chi connectivity index (χ3n) is 5.25. The maximum absolute atomic E-state index is 12.5. The van der Waals surface area contributed by atoms with Crippen molar-refractivity contribution in [3.63, 3.8) is 0 Å². The van der Waals surface area contributed by atoms with Crippen molar-refractivity contribution in [2.45, 2.75) is 31.3 Å². The van der Waals surface area contributed by atoms with Crippen LogP contribution in [0.15, 0.2) is 53.6 Å². The molecular formula is C20H19NO3. The number of carbonyl (C=O) groups excluding carboxylic acids is 2. The highest BCUT2D eigenvalue weighted by atomic mass is 16.5. The van der Waals surface area contributed by atoms with Gasteiger partial charge in [0.2, 0.25) is 0 Å². The monoisotopic (exact) mass is 321 g/mol. The van der Waals surface area contributed by atoms with Gasteiger partial charge in [-0.05, 0) is 41.3 Å². The predicted molar refractivity (Wildman–Crippen MR) is 91.5 cm³/mol. The van der Waals surface area contributed by atoms with Crippen molar-refractivity contribution in [3.05, 3.63) is 59.2 Å². The van der Waals surface area contributed by atoms with Crippen LogP contribution < -0.4 is 5.32 Å². The number of ketones is 1. The Morgan fingerprint density at radius 3 is 2.67 bits per heavy atom. The van der Waals surface area contributed by atoms with E-state index in [1.807, 2.05) is 25.1 Å². The summed E-state index contributed by atoms with van der Waals surface area (Å²) in [6.45, 7) is 1.81. The molecule has 0 unspecified atom stereocenters. The summed E-state index contributed by atoms with van der Waals surface area (Å²) in [7, 11) is 1.38. The summed E-state index contributed by atoms with van der Waals surface area (Å²) in [4.78, 5) is 24.8. The van der Waals surface area contributed by atoms with Crippen LogP contribution in [0, 0.1) is 0 Å². The fourth-order valence-corrected chi connectivity index (χ4v) is 4.00. The Kier molecular flexibility index (Phi) is 3.32. The molecule has 1 aliphatic carbocycles. The molecule has 0 fully saturated rings. The zero-order valence-corrected chi connectivity index (χ0v) is 13.8. The Hall–Kier alpha value is -2.46. The number of ether oxygens (including phenoxy) is 1. The van der Waals surface area contributed by atoms with Crippen LogP contribution in [0.3, 0.4) is 0 Å². The van der Waals surface area contributed by atoms with Crippen molar-refractivity contribution in [1.82, 2.24) is 5.32 Å². The first kappa shape index (κ1) is 15.1. The summed E-state index contributed by atoms with van der Waals surface area (Å²) in [5.74, 6) is -0.212. The molecule has 4 heteroatoms. The van der Waals surface area contributed by atoms with Gasteiger partial charge in [-0.15, -0.1) is 0 Å². The van der Waals surface area contributed by atoms with Gasteiger partial charge in [-0.3, -0.25) is 10.1 Å². The minimum atomic E-state index is -0.924. The lowest BCUT2D eigenvalue weighted by molar-refractivity contribution is -0.146. The topological polar surface area (TPSA) is 55.4 Å². The van der Waals surface area contributed by atoms with Gasteiger partial charge < -0.3 is 4.74 Å². The van der Waals surface area contributed by atoms with Gasteiger partial charge in [0.15, 0.2) is 5.78 Å². The molecule has 2 aromatic carbocycles. The van der Waals surface area contributed by atoms with Crippen molar-refractivity contribution < 1.29 is 14.3 Å². The number of nitrogens with one attached hydrogen (secondary N) is 1. The second kappa shape index (κ2) is 5.28. The van der Waals surface area contributed by atoms with Crippen LogP contribution >= 0.6 is 0 Å². The highest BCUT2D eigenvalue weighted by molar-refractivity contribution is 6.04. The van der Waals surface area contributed by atoms with E-state index in [1.165, 1.54) is 7.11 Å². The molecule has 1 aliphatic heterocycles. The standard InChI is InChI=1S/C20H19NO3/c1-20(19(23)24-2)15-9-10-16(22)17(15)18(21-20)14-8-7-12-5-3-4-6-13(12)11-14/h3-8,11,18,21H,9-10H2,1-2H3/t18-,20-/m1/s1. The molecule has 4 rings (SSSR count). The van der Waals surface area contributed by atoms with Gasteiger partial charge in [-0.1, -0.05) is 36.4 Å². The summed E-state index contributed by atoms with van der Waals surface area (Å²) in [5, 5.41) is 5.64. The molecule has 0 radical (unpaired) electrons. The molecule has 0 amide bonds. The molecule has 0 saturated heterocycles. The van der Waals surface area contributed by atoms with Crippen LogP contribution in [-0.2, 0) is 14.3 Å². The largest absolute Gasteiger partial charge is 0.467 e. The van der Waals surface area contributed by atoms with Crippen molar-refractivity contribution in [2.24, 2.45) is 0 Å². The molecule has 0 aromatic heterocycles. The number of esters is 1. The summed E-state index contributed by atoms with van der Waals surface area (Å²) >= 11 is 0. The number of Topliss-reactive ketones (excluding diaryl/α,β-unsaturated/α-hetero) is 1. The number of hydrogen-bond acceptors (Lipinski definition) is 4. The number of benzene rings is 2. The highest BCUT2D eigenvalue weighted by Gasteiger charge is 2.52. The number of hydrogen-bond donors (Lipinski definition) is 1. The van der Waals surface area contributed by atoms with E-state index < -0.39 is 5.54 Å². The van der Waals surface area contributed by atoms with Gasteiger partial charge in [0, 0.05) is 12.0 Å². The molecule has 24 heavy (non-hydrogen) atoms. The second-order valence-electron chi connectivity index (χ2n) is 6.62. The zero-order valence-electron chi connectivity index (χ0n) is 13.8. The first-order valence-electron chi connectivity index (χ1n) is 8.16. The van der Waals surface area contributed by atoms with Crippen LogP contribution in [0.1, 0.15) is 31.4 Å². The number of rotatable bonds is 2. The van der Waals surface area contributed by atoms with E-state index >= 15 is 0 Å². The zero-order chi connectivity index (χ0) is 16.9. The smallest absolute Gasteiger partial charge is 0.330 e. The van der Waals surface area contributed by atoms with E-state index in [9.17, 15) is 9.59 Å². The van der Waals surface area contributed by atoms with Crippen LogP contribution in [0.4, 0.5) is 0 Å². The average Bonchev–Trinajstić information content (AvgIpc) is 3.14. The SMILES string of the molecule is COC(=O)[C@]1(C)N[C@H](c2ccc3ccccc3c2)C2=C1CCC2=O. The van der Waals surface area contributed by atoms with E-state index in [-0.39, 0.29) is 17.8 Å². The van der Waals surface area contributed by atoms with Crippen molar-refractivity contribution in [1.29, 1.82) is 0 Å². The van der Waals surface area contributed by atoms with E-state index in [0.717, 1.165) is 27.5 Å². The van der Waals surface area contributed by atoms with Gasteiger partial charge in [-0.25, -0.2) is 4.79 Å². The quantitative estimate of drug-likeness (QED) is 0.864. The van der Waals surface area contributed by atoms with E-state index in [4.69, 9.17) is 4.74 Å². The number of fused-ring (bicyclic) bond motifs is 1. The molecule has 0 bridgehead atoms. The van der Waals surface area contributed by atoms with Crippen LogP contribution in [0.2, 0.25) is 0 Å². The van der Waals surface area contributed by atoms with Crippen molar-refractivity contribution >= 4 is 22.5 Å². The Labute approximate surface area is 140 Å². The number of methoxy groups -OCH3 is 1. The molecule has 2 atom stereocenters. The predicted octanol–water partition coefficient (Wildman–Crippen LogP) is 3.08. The summed E-state index contributed by atoms with van der Waals surface area (Å²) in [6, 6.07) is 14.0. The molecule has 2 aliphatic rings. The Morgan fingerprint density at radius 2 is 1.92 bits per heavy atom. The Morgan fingerprint density at radius 1 is 1.17 bits per heavy atom. The van der Waals surface area contributed by atoms with Crippen LogP contribution in [0.5, 0.6) is 0 Å². The van der Waals surface area contributed by atoms with Gasteiger partial charge in [-0.2, -0.15) is 0 Å². The van der Waals surface area contributed by atoms with Crippen molar-refractivity contribution in [2.75, 3.05) is 7.11 Å². The Balaban J connectivity index is 1.83. The fraction of sp³-hybridized carbons (Fsp3) is 0.300. The molecule has 1 N–H and O–H groups in total. The summed E-state index contributed by atoms with van der Waals surface area (Å²) < 4.78 is 4.99. The third-order valence-corrected chi connectivity index (χ3v) is 5.25. The van der Waals surface area contributed by atoms with E-state index in [2.05, 4.69) is 29.6 Å². The molecule has 0 spiro atoms. The second-order valence-corrected chi connectivity index (χ2v) is 6.62. The van der Waals surface area contributed by atoms with Gasteiger partial charge in [0.1, 0.15) is 5.54 Å². The van der Waals surface area contributed by atoms with Crippen molar-refractivity contribution in [3.8, 4) is 0 Å². The average molecular weight is 321 g/mol. The summed E-state index contributed by atoms with van der Waals surface area (Å²) in [5.41, 5.74) is 1.71. The lowest BCUT2D eigenvalue weighted by Crippen LogP contribution is -2.49. The lowest BCUT2D eigenvalue weighted by Gasteiger charge is -2.27. The molecule has 2 aromatic rings. The van der Waals surface area contributed by atoms with Gasteiger partial charge in [0.05, 0.1) is 13.2 Å². The fourth-order valence-electron chi connectivity index (χ4n) is 4.00. The minimum absolute atomic E-state index is 0.128. The van der Waals surface area contributed by atoms with Crippen LogP contribution in [0.25, 0.3) is 10.8 Å².